The quantitative estimate of drug-likeness (QED) is 0.851. The van der Waals surface area contributed by atoms with E-state index in [2.05, 4.69) is 5.32 Å². The van der Waals surface area contributed by atoms with Crippen molar-refractivity contribution in [3.8, 4) is 0 Å². The smallest absolute Gasteiger partial charge is 0.254 e. The van der Waals surface area contributed by atoms with Gasteiger partial charge in [-0.2, -0.15) is 0 Å². The van der Waals surface area contributed by atoms with Crippen LogP contribution in [-0.2, 0) is 0 Å². The first-order valence-corrected chi connectivity index (χ1v) is 5.98. The number of carbonyl (C=O) groups excluding carboxylic acids is 1. The molecule has 1 aromatic carbocycles. The molecule has 5 heteroatoms. The van der Waals surface area contributed by atoms with Gasteiger partial charge in [-0.15, -0.1) is 0 Å². The fraction of sp³-hybridized carbons (Fsp3) is 0.417. The van der Waals surface area contributed by atoms with Crippen molar-refractivity contribution < 1.29 is 9.18 Å². The zero-order valence-electron chi connectivity index (χ0n) is 9.25. The Balaban J connectivity index is 2.12. The number of amides is 1. The number of nitrogens with two attached hydrogens (primary N) is 1. The Bertz CT molecular complexity index is 439. The van der Waals surface area contributed by atoms with E-state index >= 15 is 0 Å². The average molecular weight is 257 g/mol. The number of benzene rings is 1. The Labute approximate surface area is 104 Å². The standard InChI is InChI=1S/C12H14ClFN2O/c13-8-4-1-3-7(11(8)14)12(17)16-10-6-2-5-9(10)15/h1,3-4,9-10H,2,5-6,15H2,(H,16,17). The van der Waals surface area contributed by atoms with Crippen LogP contribution >= 0.6 is 11.6 Å². The van der Waals surface area contributed by atoms with Gasteiger partial charge in [-0.1, -0.05) is 17.7 Å². The van der Waals surface area contributed by atoms with Crippen LogP contribution in [0.25, 0.3) is 0 Å². The van der Waals surface area contributed by atoms with Gasteiger partial charge in [0.2, 0.25) is 0 Å². The fourth-order valence-electron chi connectivity index (χ4n) is 2.09. The van der Waals surface area contributed by atoms with E-state index in [1.165, 1.54) is 12.1 Å². The Morgan fingerprint density at radius 3 is 2.88 bits per heavy atom. The van der Waals surface area contributed by atoms with Crippen molar-refractivity contribution in [3.63, 3.8) is 0 Å². The van der Waals surface area contributed by atoms with Gasteiger partial charge in [-0.05, 0) is 31.4 Å². The highest BCUT2D eigenvalue weighted by Crippen LogP contribution is 2.20. The van der Waals surface area contributed by atoms with Crippen molar-refractivity contribution in [2.24, 2.45) is 5.73 Å². The topological polar surface area (TPSA) is 55.1 Å². The lowest BCUT2D eigenvalue weighted by molar-refractivity contribution is 0.0930. The van der Waals surface area contributed by atoms with Crippen LogP contribution in [0.4, 0.5) is 4.39 Å². The van der Waals surface area contributed by atoms with Crippen LogP contribution in [-0.4, -0.2) is 18.0 Å². The molecule has 2 unspecified atom stereocenters. The van der Waals surface area contributed by atoms with Crippen molar-refractivity contribution in [2.75, 3.05) is 0 Å². The van der Waals surface area contributed by atoms with E-state index in [4.69, 9.17) is 17.3 Å². The summed E-state index contributed by atoms with van der Waals surface area (Å²) in [6.45, 7) is 0. The zero-order chi connectivity index (χ0) is 12.4. The second-order valence-corrected chi connectivity index (χ2v) is 4.68. The minimum absolute atomic E-state index is 0.0309. The molecule has 17 heavy (non-hydrogen) atoms. The molecule has 0 aliphatic heterocycles. The van der Waals surface area contributed by atoms with Gasteiger partial charge in [0.25, 0.3) is 5.91 Å². The number of rotatable bonds is 2. The average Bonchev–Trinajstić information content (AvgIpc) is 2.68. The number of hydrogen-bond acceptors (Lipinski definition) is 2. The Hall–Kier alpha value is -1.13. The van der Waals surface area contributed by atoms with Crippen molar-refractivity contribution in [1.29, 1.82) is 0 Å². The first kappa shape index (κ1) is 12.3. The molecule has 92 valence electrons. The molecule has 1 saturated carbocycles. The highest BCUT2D eigenvalue weighted by molar-refractivity contribution is 6.31. The Kier molecular flexibility index (Phi) is 3.64. The first-order chi connectivity index (χ1) is 8.09. The molecule has 0 saturated heterocycles. The SMILES string of the molecule is NC1CCCC1NC(=O)c1cccc(Cl)c1F. The van der Waals surface area contributed by atoms with Crippen LogP contribution in [0, 0.1) is 5.82 Å². The number of nitrogens with one attached hydrogen (secondary N) is 1. The molecular weight excluding hydrogens is 243 g/mol. The molecule has 3 N–H and O–H groups in total. The maximum atomic E-state index is 13.6. The van der Waals surface area contributed by atoms with Crippen molar-refractivity contribution >= 4 is 17.5 Å². The molecule has 3 nitrogen and oxygen atoms in total. The number of carbonyl (C=O) groups is 1. The van der Waals surface area contributed by atoms with Gasteiger partial charge < -0.3 is 11.1 Å². The lowest BCUT2D eigenvalue weighted by Crippen LogP contribution is -2.44. The minimum Gasteiger partial charge on any atom is -0.348 e. The second-order valence-electron chi connectivity index (χ2n) is 4.28. The summed E-state index contributed by atoms with van der Waals surface area (Å²) in [5.74, 6) is -1.13. The van der Waals surface area contributed by atoms with Crippen LogP contribution in [0.3, 0.4) is 0 Å². The molecule has 2 rings (SSSR count). The summed E-state index contributed by atoms with van der Waals surface area (Å²) >= 11 is 5.62. The van der Waals surface area contributed by atoms with E-state index in [-0.39, 0.29) is 22.7 Å². The van der Waals surface area contributed by atoms with Crippen LogP contribution in [0.15, 0.2) is 18.2 Å². The zero-order valence-corrected chi connectivity index (χ0v) is 10.0. The van der Waals surface area contributed by atoms with E-state index in [9.17, 15) is 9.18 Å². The van der Waals surface area contributed by atoms with Gasteiger partial charge >= 0.3 is 0 Å². The maximum Gasteiger partial charge on any atom is 0.254 e. The van der Waals surface area contributed by atoms with Crippen LogP contribution in [0.5, 0.6) is 0 Å². The molecule has 1 amide bonds. The summed E-state index contributed by atoms with van der Waals surface area (Å²) in [6, 6.07) is 4.27. The van der Waals surface area contributed by atoms with Crippen LogP contribution in [0.1, 0.15) is 29.6 Å². The number of hydrogen-bond donors (Lipinski definition) is 2. The molecular formula is C12H14ClFN2O. The Morgan fingerprint density at radius 1 is 1.47 bits per heavy atom. The summed E-state index contributed by atoms with van der Waals surface area (Å²) in [5.41, 5.74) is 5.81. The largest absolute Gasteiger partial charge is 0.348 e. The predicted octanol–water partition coefficient (Wildman–Crippen LogP) is 2.09. The van der Waals surface area contributed by atoms with Gasteiger partial charge in [0, 0.05) is 12.1 Å². The molecule has 0 heterocycles. The highest BCUT2D eigenvalue weighted by atomic mass is 35.5. The van der Waals surface area contributed by atoms with E-state index in [1.54, 1.807) is 6.07 Å². The molecule has 1 aliphatic rings. The normalized spacial score (nSPS) is 23.7. The monoisotopic (exact) mass is 256 g/mol. The van der Waals surface area contributed by atoms with Crippen LogP contribution in [0.2, 0.25) is 5.02 Å². The molecule has 0 radical (unpaired) electrons. The lowest BCUT2D eigenvalue weighted by atomic mass is 10.1. The summed E-state index contributed by atoms with van der Waals surface area (Å²) in [4.78, 5) is 11.9. The van der Waals surface area contributed by atoms with Crippen molar-refractivity contribution in [1.82, 2.24) is 5.32 Å². The van der Waals surface area contributed by atoms with E-state index in [1.807, 2.05) is 0 Å². The lowest BCUT2D eigenvalue weighted by Gasteiger charge is -2.17. The van der Waals surface area contributed by atoms with Crippen LogP contribution < -0.4 is 11.1 Å². The second kappa shape index (κ2) is 5.02. The third-order valence-electron chi connectivity index (χ3n) is 3.08. The third-order valence-corrected chi connectivity index (χ3v) is 3.37. The van der Waals surface area contributed by atoms with Crippen molar-refractivity contribution in [2.45, 2.75) is 31.3 Å². The van der Waals surface area contributed by atoms with Crippen molar-refractivity contribution in [3.05, 3.63) is 34.6 Å². The fourth-order valence-corrected chi connectivity index (χ4v) is 2.27. The van der Waals surface area contributed by atoms with Gasteiger partial charge in [0.15, 0.2) is 5.82 Å². The number of halogens is 2. The van der Waals surface area contributed by atoms with Gasteiger partial charge in [-0.3, -0.25) is 4.79 Å². The molecule has 0 spiro atoms. The summed E-state index contributed by atoms with van der Waals surface area (Å²) in [6.07, 6.45) is 2.72. The van der Waals surface area contributed by atoms with E-state index in [0.717, 1.165) is 19.3 Å². The minimum atomic E-state index is -0.682. The molecule has 2 atom stereocenters. The summed E-state index contributed by atoms with van der Waals surface area (Å²) in [7, 11) is 0. The van der Waals surface area contributed by atoms with E-state index in [0.29, 0.717) is 0 Å². The van der Waals surface area contributed by atoms with Gasteiger partial charge in [0.05, 0.1) is 10.6 Å². The Morgan fingerprint density at radius 2 is 2.24 bits per heavy atom. The molecule has 0 aromatic heterocycles. The van der Waals surface area contributed by atoms with Gasteiger partial charge in [0.1, 0.15) is 0 Å². The first-order valence-electron chi connectivity index (χ1n) is 5.60. The summed E-state index contributed by atoms with van der Waals surface area (Å²) < 4.78 is 13.6. The molecule has 0 bridgehead atoms. The molecule has 1 aliphatic carbocycles. The maximum absolute atomic E-state index is 13.6. The highest BCUT2D eigenvalue weighted by Gasteiger charge is 2.26. The van der Waals surface area contributed by atoms with Gasteiger partial charge in [-0.25, -0.2) is 4.39 Å². The molecule has 1 aromatic rings. The summed E-state index contributed by atoms with van der Waals surface area (Å²) in [5, 5.41) is 2.70. The van der Waals surface area contributed by atoms with E-state index < -0.39 is 11.7 Å². The molecule has 1 fully saturated rings. The predicted molar refractivity (Wildman–Crippen MR) is 64.5 cm³/mol. The third kappa shape index (κ3) is 2.58.